The number of carbonyl (C=O) groups is 1. The van der Waals surface area contributed by atoms with Crippen LogP contribution in [0.1, 0.15) is 25.7 Å². The monoisotopic (exact) mass is 241 g/mol. The van der Waals surface area contributed by atoms with Gasteiger partial charge in [0.15, 0.2) is 0 Å². The number of benzene rings is 1. The van der Waals surface area contributed by atoms with Crippen LogP contribution >= 0.6 is 0 Å². The van der Waals surface area contributed by atoms with Gasteiger partial charge in [0.2, 0.25) is 5.91 Å². The Hall–Kier alpha value is -1.57. The quantitative estimate of drug-likeness (QED) is 0.787. The highest BCUT2D eigenvalue weighted by Crippen LogP contribution is 2.53. The highest BCUT2D eigenvalue weighted by Gasteiger charge is 2.53. The molecule has 0 spiro atoms. The number of rotatable bonds is 2. The molecular weight excluding hydrogens is 222 g/mol. The summed E-state index contributed by atoms with van der Waals surface area (Å²) in [5.41, 5.74) is 0.917. The molecule has 3 atom stereocenters. The Morgan fingerprint density at radius 3 is 2.22 bits per heavy atom. The molecule has 0 saturated heterocycles. The van der Waals surface area contributed by atoms with Crippen molar-refractivity contribution in [2.75, 3.05) is 5.32 Å². The van der Waals surface area contributed by atoms with Crippen LogP contribution in [0, 0.1) is 17.8 Å². The number of hydrogen-bond acceptors (Lipinski definition) is 1. The molecule has 1 fully saturated rings. The van der Waals surface area contributed by atoms with Crippen molar-refractivity contribution in [1.82, 2.24) is 0 Å². The first-order valence-corrected chi connectivity index (χ1v) is 6.87. The first kappa shape index (κ1) is 11.5. The Morgan fingerprint density at radius 2 is 1.61 bits per heavy atom. The van der Waals surface area contributed by atoms with Crippen molar-refractivity contribution in [2.45, 2.75) is 25.7 Å². The first-order chi connectivity index (χ1) is 8.86. The molecule has 0 aliphatic heterocycles. The molecular formula is C16H19NO. The number of anilines is 1. The average molecular weight is 241 g/mol. The third kappa shape index (κ3) is 2.33. The summed E-state index contributed by atoms with van der Waals surface area (Å²) in [6.45, 7) is 0. The molecule has 0 aromatic heterocycles. The zero-order valence-corrected chi connectivity index (χ0v) is 10.5. The predicted octanol–water partition coefficient (Wildman–Crippen LogP) is 3.62. The van der Waals surface area contributed by atoms with E-state index in [9.17, 15) is 4.79 Å². The van der Waals surface area contributed by atoms with E-state index in [1.807, 2.05) is 30.3 Å². The fourth-order valence-corrected chi connectivity index (χ4v) is 3.18. The van der Waals surface area contributed by atoms with Crippen LogP contribution < -0.4 is 5.32 Å². The van der Waals surface area contributed by atoms with Crippen molar-refractivity contribution < 1.29 is 4.79 Å². The largest absolute Gasteiger partial charge is 0.326 e. The summed E-state index contributed by atoms with van der Waals surface area (Å²) in [4.78, 5) is 12.2. The van der Waals surface area contributed by atoms with Gasteiger partial charge in [-0.2, -0.15) is 0 Å². The van der Waals surface area contributed by atoms with Crippen LogP contribution in [-0.2, 0) is 4.79 Å². The van der Waals surface area contributed by atoms with Crippen molar-refractivity contribution >= 4 is 11.6 Å². The van der Waals surface area contributed by atoms with E-state index in [2.05, 4.69) is 17.5 Å². The van der Waals surface area contributed by atoms with Crippen LogP contribution in [-0.4, -0.2) is 5.91 Å². The second-order valence-electron chi connectivity index (χ2n) is 5.33. The van der Waals surface area contributed by atoms with Gasteiger partial charge in [0.25, 0.3) is 0 Å². The number of carbonyl (C=O) groups excluding carboxylic acids is 1. The standard InChI is InChI=1S/C16H19NO/c18-16(17-12-8-4-3-5-9-12)15-13-10-6-1-2-7-11-14(13)15/h1-5,8-9,13-15H,6-7,10-11H2,(H,17,18)/t13-,14+,15?. The van der Waals surface area contributed by atoms with Gasteiger partial charge in [-0.15, -0.1) is 0 Å². The fraction of sp³-hybridized carbons (Fsp3) is 0.438. The molecule has 1 saturated carbocycles. The molecule has 2 nitrogen and oxygen atoms in total. The van der Waals surface area contributed by atoms with Crippen molar-refractivity contribution in [3.05, 3.63) is 42.5 Å². The number of nitrogens with one attached hydrogen (secondary N) is 1. The zero-order valence-electron chi connectivity index (χ0n) is 10.5. The summed E-state index contributed by atoms with van der Waals surface area (Å²) < 4.78 is 0. The molecule has 0 heterocycles. The Labute approximate surface area is 108 Å². The normalized spacial score (nSPS) is 29.9. The highest BCUT2D eigenvalue weighted by atomic mass is 16.2. The number of amides is 1. The molecule has 0 bridgehead atoms. The van der Waals surface area contributed by atoms with Gasteiger partial charge in [0, 0.05) is 11.6 Å². The third-order valence-electron chi connectivity index (χ3n) is 4.18. The lowest BCUT2D eigenvalue weighted by atomic mass is 10.1. The van der Waals surface area contributed by atoms with Gasteiger partial charge in [-0.1, -0.05) is 30.4 Å². The maximum Gasteiger partial charge on any atom is 0.228 e. The van der Waals surface area contributed by atoms with E-state index < -0.39 is 0 Å². The van der Waals surface area contributed by atoms with Crippen LogP contribution in [0.5, 0.6) is 0 Å². The molecule has 1 unspecified atom stereocenters. The summed E-state index contributed by atoms with van der Waals surface area (Å²) in [5, 5.41) is 3.04. The lowest BCUT2D eigenvalue weighted by Gasteiger charge is -2.04. The van der Waals surface area contributed by atoms with E-state index in [0.717, 1.165) is 18.5 Å². The minimum atomic E-state index is 0.220. The summed E-state index contributed by atoms with van der Waals surface area (Å²) >= 11 is 0. The smallest absolute Gasteiger partial charge is 0.228 e. The number of allylic oxidation sites excluding steroid dienone is 2. The molecule has 1 aromatic rings. The van der Waals surface area contributed by atoms with E-state index >= 15 is 0 Å². The molecule has 1 amide bonds. The number of para-hydroxylation sites is 1. The fourth-order valence-electron chi connectivity index (χ4n) is 3.18. The van der Waals surface area contributed by atoms with E-state index in [0.29, 0.717) is 11.8 Å². The summed E-state index contributed by atoms with van der Waals surface area (Å²) in [5.74, 6) is 1.72. The number of fused-ring (bicyclic) bond motifs is 1. The van der Waals surface area contributed by atoms with Crippen LogP contribution in [0.4, 0.5) is 5.69 Å². The topological polar surface area (TPSA) is 29.1 Å². The molecule has 3 rings (SSSR count). The van der Waals surface area contributed by atoms with E-state index in [1.54, 1.807) is 0 Å². The zero-order chi connectivity index (χ0) is 12.4. The molecule has 1 aromatic carbocycles. The lowest BCUT2D eigenvalue weighted by Crippen LogP contribution is -2.15. The SMILES string of the molecule is O=C(Nc1ccccc1)C1[C@H]2CCC=CCC[C@@H]12. The Bertz CT molecular complexity index is 435. The van der Waals surface area contributed by atoms with Crippen LogP contribution in [0.3, 0.4) is 0 Å². The van der Waals surface area contributed by atoms with Crippen molar-refractivity contribution in [3.63, 3.8) is 0 Å². The highest BCUT2D eigenvalue weighted by molar-refractivity contribution is 5.94. The number of hydrogen-bond donors (Lipinski definition) is 1. The Morgan fingerprint density at radius 1 is 1.00 bits per heavy atom. The molecule has 2 heteroatoms. The maximum absolute atomic E-state index is 12.2. The Balaban J connectivity index is 1.61. The van der Waals surface area contributed by atoms with Gasteiger partial charge >= 0.3 is 0 Å². The van der Waals surface area contributed by atoms with Gasteiger partial charge < -0.3 is 5.32 Å². The molecule has 94 valence electrons. The van der Waals surface area contributed by atoms with Crippen molar-refractivity contribution in [3.8, 4) is 0 Å². The van der Waals surface area contributed by atoms with E-state index in [4.69, 9.17) is 0 Å². The van der Waals surface area contributed by atoms with Gasteiger partial charge in [0.1, 0.15) is 0 Å². The molecule has 18 heavy (non-hydrogen) atoms. The second kappa shape index (κ2) is 4.97. The average Bonchev–Trinajstić information content (AvgIpc) is 3.02. The van der Waals surface area contributed by atoms with Gasteiger partial charge in [-0.05, 0) is 49.7 Å². The lowest BCUT2D eigenvalue weighted by molar-refractivity contribution is -0.117. The molecule has 2 aliphatic rings. The summed E-state index contributed by atoms with van der Waals surface area (Å²) in [6.07, 6.45) is 9.15. The third-order valence-corrected chi connectivity index (χ3v) is 4.18. The predicted molar refractivity (Wildman–Crippen MR) is 73.1 cm³/mol. The van der Waals surface area contributed by atoms with Crippen molar-refractivity contribution in [2.24, 2.45) is 17.8 Å². The van der Waals surface area contributed by atoms with E-state index in [-0.39, 0.29) is 11.8 Å². The summed E-state index contributed by atoms with van der Waals surface area (Å²) in [6, 6.07) is 9.77. The van der Waals surface area contributed by atoms with Crippen LogP contribution in [0.2, 0.25) is 0 Å². The Kier molecular flexibility index (Phi) is 3.18. The maximum atomic E-state index is 12.2. The van der Waals surface area contributed by atoms with Gasteiger partial charge in [0.05, 0.1) is 0 Å². The molecule has 1 N–H and O–H groups in total. The van der Waals surface area contributed by atoms with Gasteiger partial charge in [-0.25, -0.2) is 0 Å². The molecule has 0 radical (unpaired) electrons. The van der Waals surface area contributed by atoms with Gasteiger partial charge in [-0.3, -0.25) is 4.79 Å². The first-order valence-electron chi connectivity index (χ1n) is 6.87. The van der Waals surface area contributed by atoms with Crippen LogP contribution in [0.15, 0.2) is 42.5 Å². The molecule has 2 aliphatic carbocycles. The minimum absolute atomic E-state index is 0.220. The minimum Gasteiger partial charge on any atom is -0.326 e. The van der Waals surface area contributed by atoms with Crippen LogP contribution in [0.25, 0.3) is 0 Å². The summed E-state index contributed by atoms with van der Waals surface area (Å²) in [7, 11) is 0. The van der Waals surface area contributed by atoms with Crippen molar-refractivity contribution in [1.29, 1.82) is 0 Å². The second-order valence-corrected chi connectivity index (χ2v) is 5.33. The van der Waals surface area contributed by atoms with E-state index in [1.165, 1.54) is 12.8 Å².